The molecule has 1 aromatic carbocycles. The van der Waals surface area contributed by atoms with E-state index in [2.05, 4.69) is 53.4 Å². The van der Waals surface area contributed by atoms with Gasteiger partial charge in [0, 0.05) is 32.2 Å². The highest BCUT2D eigenvalue weighted by atomic mass is 127. The largest absolute Gasteiger partial charge is 0.497 e. The van der Waals surface area contributed by atoms with E-state index in [0.717, 1.165) is 48.4 Å². The van der Waals surface area contributed by atoms with Crippen LogP contribution in [0.3, 0.4) is 0 Å². The number of ether oxygens (including phenoxy) is 1. The van der Waals surface area contributed by atoms with Gasteiger partial charge in [0.2, 0.25) is 0 Å². The van der Waals surface area contributed by atoms with Crippen molar-refractivity contribution in [1.82, 2.24) is 30.3 Å². The fourth-order valence-corrected chi connectivity index (χ4v) is 3.42. The van der Waals surface area contributed by atoms with Crippen molar-refractivity contribution in [2.24, 2.45) is 12.0 Å². The fraction of sp³-hybridized carbons (Fsp3) is 0.609. The number of benzene rings is 1. The summed E-state index contributed by atoms with van der Waals surface area (Å²) in [6.07, 6.45) is 1.04. The summed E-state index contributed by atoms with van der Waals surface area (Å²) in [5.41, 5.74) is 1.13. The minimum absolute atomic E-state index is 0. The number of hydrogen-bond donors (Lipinski definition) is 2. The SMILES string of the molecule is COc1ccc(CN=C(NCCCN(C(C)C)C(C)C)NCc2nnc(C)n2C)cc1.I. The Hall–Kier alpha value is -1.88. The third-order valence-electron chi connectivity index (χ3n) is 5.39. The maximum absolute atomic E-state index is 5.23. The lowest BCUT2D eigenvalue weighted by atomic mass is 10.2. The highest BCUT2D eigenvalue weighted by molar-refractivity contribution is 14.0. The van der Waals surface area contributed by atoms with E-state index in [9.17, 15) is 0 Å². The van der Waals surface area contributed by atoms with Gasteiger partial charge in [-0.1, -0.05) is 12.1 Å². The second-order valence-electron chi connectivity index (χ2n) is 8.29. The average Bonchev–Trinajstić information content (AvgIpc) is 3.06. The third kappa shape index (κ3) is 8.93. The molecule has 0 bridgehead atoms. The number of rotatable bonds is 11. The van der Waals surface area contributed by atoms with E-state index < -0.39 is 0 Å². The molecule has 0 unspecified atom stereocenters. The summed E-state index contributed by atoms with van der Waals surface area (Å²) < 4.78 is 7.22. The van der Waals surface area contributed by atoms with Crippen LogP contribution in [0.2, 0.25) is 0 Å². The van der Waals surface area contributed by atoms with Crippen LogP contribution in [0.1, 0.15) is 51.3 Å². The second kappa shape index (κ2) is 14.3. The van der Waals surface area contributed by atoms with Crippen molar-refractivity contribution in [3.63, 3.8) is 0 Å². The number of halogens is 1. The molecular formula is C23H40IN7O. The molecule has 0 fully saturated rings. The van der Waals surface area contributed by atoms with Crippen molar-refractivity contribution in [3.05, 3.63) is 41.5 Å². The van der Waals surface area contributed by atoms with E-state index in [1.54, 1.807) is 7.11 Å². The molecule has 9 heteroatoms. The van der Waals surface area contributed by atoms with Gasteiger partial charge >= 0.3 is 0 Å². The minimum atomic E-state index is 0. The standard InChI is InChI=1S/C23H39N7O.HI/c1-17(2)30(18(3)4)14-8-13-24-23(26-16-22-28-27-19(5)29(22)6)25-15-20-9-11-21(31-7)12-10-20;/h9-12,17-18H,8,13-16H2,1-7H3,(H2,24,25,26);1H. The van der Waals surface area contributed by atoms with Crippen LogP contribution in [-0.2, 0) is 20.1 Å². The first-order valence-corrected chi connectivity index (χ1v) is 11.1. The quantitative estimate of drug-likeness (QED) is 0.191. The molecule has 180 valence electrons. The molecule has 0 spiro atoms. The van der Waals surface area contributed by atoms with Gasteiger partial charge < -0.3 is 19.9 Å². The van der Waals surface area contributed by atoms with Gasteiger partial charge in [-0.3, -0.25) is 4.90 Å². The van der Waals surface area contributed by atoms with Crippen molar-refractivity contribution in [2.75, 3.05) is 20.2 Å². The van der Waals surface area contributed by atoms with Gasteiger partial charge in [-0.2, -0.15) is 0 Å². The Morgan fingerprint density at radius 1 is 1.09 bits per heavy atom. The molecule has 8 nitrogen and oxygen atoms in total. The molecule has 0 atom stereocenters. The molecule has 0 aliphatic rings. The molecule has 2 aromatic rings. The van der Waals surface area contributed by atoms with Crippen molar-refractivity contribution < 1.29 is 4.74 Å². The minimum Gasteiger partial charge on any atom is -0.497 e. The van der Waals surface area contributed by atoms with Gasteiger partial charge in [-0.25, -0.2) is 4.99 Å². The van der Waals surface area contributed by atoms with Crippen LogP contribution in [0, 0.1) is 6.92 Å². The van der Waals surface area contributed by atoms with Crippen molar-refractivity contribution in [3.8, 4) is 5.75 Å². The van der Waals surface area contributed by atoms with E-state index in [4.69, 9.17) is 9.73 Å². The van der Waals surface area contributed by atoms with E-state index in [-0.39, 0.29) is 24.0 Å². The van der Waals surface area contributed by atoms with E-state index in [1.165, 1.54) is 0 Å². The van der Waals surface area contributed by atoms with Crippen molar-refractivity contribution in [2.45, 2.75) is 66.2 Å². The van der Waals surface area contributed by atoms with Crippen LogP contribution in [-0.4, -0.2) is 57.9 Å². The lowest BCUT2D eigenvalue weighted by Crippen LogP contribution is -2.41. The monoisotopic (exact) mass is 557 g/mol. The first kappa shape index (κ1) is 28.2. The first-order valence-electron chi connectivity index (χ1n) is 11.1. The second-order valence-corrected chi connectivity index (χ2v) is 8.29. The molecule has 1 aromatic heterocycles. The number of methoxy groups -OCH3 is 1. The molecular weight excluding hydrogens is 517 g/mol. The number of aromatic nitrogens is 3. The Balaban J connectivity index is 0.00000512. The maximum atomic E-state index is 5.23. The zero-order chi connectivity index (χ0) is 22.8. The highest BCUT2D eigenvalue weighted by Gasteiger charge is 2.12. The number of nitrogens with one attached hydrogen (secondary N) is 2. The molecule has 0 saturated heterocycles. The number of hydrogen-bond acceptors (Lipinski definition) is 5. The molecule has 0 aliphatic carbocycles. The summed E-state index contributed by atoms with van der Waals surface area (Å²) in [5.74, 6) is 3.39. The summed E-state index contributed by atoms with van der Waals surface area (Å²) in [4.78, 5) is 7.28. The molecule has 2 N–H and O–H groups in total. The van der Waals surface area contributed by atoms with Crippen LogP contribution < -0.4 is 15.4 Å². The Morgan fingerprint density at radius 3 is 2.28 bits per heavy atom. The number of guanidine groups is 1. The molecule has 1 heterocycles. The van der Waals surface area contributed by atoms with E-state index in [1.807, 2.05) is 42.8 Å². The average molecular weight is 558 g/mol. The van der Waals surface area contributed by atoms with Crippen LogP contribution >= 0.6 is 24.0 Å². The zero-order valence-corrected chi connectivity index (χ0v) is 22.9. The molecule has 32 heavy (non-hydrogen) atoms. The summed E-state index contributed by atoms with van der Waals surface area (Å²) in [6, 6.07) is 9.07. The molecule has 0 radical (unpaired) electrons. The Morgan fingerprint density at radius 2 is 1.75 bits per heavy atom. The topological polar surface area (TPSA) is 79.6 Å². The molecule has 0 amide bonds. The van der Waals surface area contributed by atoms with Gasteiger partial charge in [0.15, 0.2) is 11.8 Å². The van der Waals surface area contributed by atoms with Gasteiger partial charge in [0.25, 0.3) is 0 Å². The van der Waals surface area contributed by atoms with Crippen LogP contribution in [0.25, 0.3) is 0 Å². The van der Waals surface area contributed by atoms with Crippen LogP contribution in [0.5, 0.6) is 5.75 Å². The zero-order valence-electron chi connectivity index (χ0n) is 20.6. The van der Waals surface area contributed by atoms with E-state index in [0.29, 0.717) is 25.2 Å². The lowest BCUT2D eigenvalue weighted by Gasteiger charge is -2.30. The van der Waals surface area contributed by atoms with Crippen molar-refractivity contribution in [1.29, 1.82) is 0 Å². The number of aliphatic imine (C=N–C) groups is 1. The smallest absolute Gasteiger partial charge is 0.191 e. The summed E-state index contributed by atoms with van der Waals surface area (Å²) in [6.45, 7) is 14.0. The lowest BCUT2D eigenvalue weighted by molar-refractivity contribution is 0.173. The number of nitrogens with zero attached hydrogens (tertiary/aromatic N) is 5. The molecule has 2 rings (SSSR count). The molecule has 0 aliphatic heterocycles. The maximum Gasteiger partial charge on any atom is 0.191 e. The fourth-order valence-electron chi connectivity index (χ4n) is 3.42. The first-order chi connectivity index (χ1) is 14.8. The Bertz CT molecular complexity index is 810. The summed E-state index contributed by atoms with van der Waals surface area (Å²) in [5, 5.41) is 15.2. The Labute approximate surface area is 210 Å². The summed E-state index contributed by atoms with van der Waals surface area (Å²) in [7, 11) is 3.65. The third-order valence-corrected chi connectivity index (χ3v) is 5.39. The predicted molar refractivity (Wildman–Crippen MR) is 142 cm³/mol. The van der Waals surface area contributed by atoms with Gasteiger partial charge in [0.05, 0.1) is 20.2 Å². The van der Waals surface area contributed by atoms with Crippen LogP contribution in [0.4, 0.5) is 0 Å². The Kier molecular flexibility index (Phi) is 12.6. The predicted octanol–water partition coefficient (Wildman–Crippen LogP) is 3.49. The summed E-state index contributed by atoms with van der Waals surface area (Å²) >= 11 is 0. The van der Waals surface area contributed by atoms with Crippen molar-refractivity contribution >= 4 is 29.9 Å². The number of aryl methyl sites for hydroxylation is 1. The van der Waals surface area contributed by atoms with Gasteiger partial charge in [-0.05, 0) is 58.7 Å². The molecule has 0 saturated carbocycles. The van der Waals surface area contributed by atoms with Gasteiger partial charge in [0.1, 0.15) is 11.6 Å². The highest BCUT2D eigenvalue weighted by Crippen LogP contribution is 2.12. The van der Waals surface area contributed by atoms with E-state index >= 15 is 0 Å². The van der Waals surface area contributed by atoms with Crippen LogP contribution in [0.15, 0.2) is 29.3 Å². The normalized spacial score (nSPS) is 11.8. The van der Waals surface area contributed by atoms with Gasteiger partial charge in [-0.15, -0.1) is 34.2 Å².